The van der Waals surface area contributed by atoms with Crippen LogP contribution in [0.4, 0.5) is 0 Å². The van der Waals surface area contributed by atoms with Crippen LogP contribution in [0.25, 0.3) is 11.0 Å². The van der Waals surface area contributed by atoms with Gasteiger partial charge in [0.1, 0.15) is 5.82 Å². The third-order valence-corrected chi connectivity index (χ3v) is 3.51. The molecule has 3 rings (SSSR count). The summed E-state index contributed by atoms with van der Waals surface area (Å²) in [6, 6.07) is 7.89. The van der Waals surface area contributed by atoms with Gasteiger partial charge in [-0.2, -0.15) is 5.10 Å². The molecule has 1 aromatic carbocycles. The lowest BCUT2D eigenvalue weighted by atomic mass is 10.1. The molecule has 0 saturated heterocycles. The lowest BCUT2D eigenvalue weighted by Gasteiger charge is -2.01. The van der Waals surface area contributed by atoms with E-state index in [9.17, 15) is 4.79 Å². The van der Waals surface area contributed by atoms with E-state index < -0.39 is 0 Å². The summed E-state index contributed by atoms with van der Waals surface area (Å²) in [5, 5.41) is 4.21. The van der Waals surface area contributed by atoms with E-state index >= 15 is 0 Å². The summed E-state index contributed by atoms with van der Waals surface area (Å²) in [4.78, 5) is 16.9. The van der Waals surface area contributed by atoms with Crippen molar-refractivity contribution in [1.82, 2.24) is 19.3 Å². The summed E-state index contributed by atoms with van der Waals surface area (Å²) in [6.45, 7) is 1.85. The summed E-state index contributed by atoms with van der Waals surface area (Å²) in [7, 11) is 3.76. The fourth-order valence-corrected chi connectivity index (χ4v) is 2.47. The summed E-state index contributed by atoms with van der Waals surface area (Å²) in [6.07, 6.45) is 2.05. The van der Waals surface area contributed by atoms with E-state index in [1.54, 1.807) is 10.9 Å². The monoisotopic (exact) mass is 268 g/mol. The lowest BCUT2D eigenvalue weighted by Crippen LogP contribution is -2.08. The molecule has 0 atom stereocenters. The first-order valence-electron chi connectivity index (χ1n) is 6.50. The standard InChI is InChI=1S/C15H16N4O/c1-10-11(9-18(2)17-10)14(20)8-15-16-12-6-4-5-7-13(12)19(15)3/h4-7,9H,8H2,1-3H3. The summed E-state index contributed by atoms with van der Waals surface area (Å²) < 4.78 is 3.64. The van der Waals surface area contributed by atoms with Crippen molar-refractivity contribution in [2.45, 2.75) is 13.3 Å². The normalized spacial score (nSPS) is 11.2. The summed E-state index contributed by atoms with van der Waals surface area (Å²) >= 11 is 0. The van der Waals surface area contributed by atoms with Crippen molar-refractivity contribution in [3.63, 3.8) is 0 Å². The molecule has 5 nitrogen and oxygen atoms in total. The Morgan fingerprint density at radius 1 is 1.25 bits per heavy atom. The number of hydrogen-bond donors (Lipinski definition) is 0. The van der Waals surface area contributed by atoms with Crippen LogP contribution >= 0.6 is 0 Å². The Morgan fingerprint density at radius 2 is 2.00 bits per heavy atom. The molecule has 0 bridgehead atoms. The fraction of sp³-hybridized carbons (Fsp3) is 0.267. The van der Waals surface area contributed by atoms with E-state index in [4.69, 9.17) is 0 Å². The van der Waals surface area contributed by atoms with Crippen LogP contribution in [-0.4, -0.2) is 25.1 Å². The first-order valence-corrected chi connectivity index (χ1v) is 6.50. The van der Waals surface area contributed by atoms with Crippen molar-refractivity contribution >= 4 is 16.8 Å². The van der Waals surface area contributed by atoms with Crippen molar-refractivity contribution in [2.75, 3.05) is 0 Å². The van der Waals surface area contributed by atoms with Gasteiger partial charge in [0.2, 0.25) is 0 Å². The Labute approximate surface area is 116 Å². The van der Waals surface area contributed by atoms with Crippen LogP contribution in [0.15, 0.2) is 30.5 Å². The number of aryl methyl sites for hydroxylation is 3. The molecular weight excluding hydrogens is 252 g/mol. The highest BCUT2D eigenvalue weighted by Gasteiger charge is 2.16. The maximum absolute atomic E-state index is 12.4. The first-order chi connectivity index (χ1) is 9.56. The molecular formula is C15H16N4O. The summed E-state index contributed by atoms with van der Waals surface area (Å²) in [5.74, 6) is 0.827. The molecule has 0 aliphatic carbocycles. The topological polar surface area (TPSA) is 52.7 Å². The number of aromatic nitrogens is 4. The minimum absolute atomic E-state index is 0.0500. The molecule has 102 valence electrons. The average molecular weight is 268 g/mol. The van der Waals surface area contributed by atoms with E-state index in [0.717, 1.165) is 22.6 Å². The Balaban J connectivity index is 1.95. The molecule has 0 aliphatic rings. The number of para-hydroxylation sites is 2. The zero-order valence-corrected chi connectivity index (χ0v) is 11.8. The minimum Gasteiger partial charge on any atom is -0.331 e. The second-order valence-corrected chi connectivity index (χ2v) is 4.98. The first kappa shape index (κ1) is 12.6. The highest BCUT2D eigenvalue weighted by molar-refractivity contribution is 5.98. The maximum atomic E-state index is 12.4. The Bertz CT molecular complexity index is 797. The van der Waals surface area contributed by atoms with Crippen molar-refractivity contribution < 1.29 is 4.79 Å². The SMILES string of the molecule is Cc1nn(C)cc1C(=O)Cc1nc2ccccc2n1C. The van der Waals surface area contributed by atoms with Gasteiger partial charge in [-0.05, 0) is 19.1 Å². The molecule has 3 aromatic rings. The summed E-state index contributed by atoms with van der Waals surface area (Å²) in [5.41, 5.74) is 3.38. The van der Waals surface area contributed by atoms with Gasteiger partial charge < -0.3 is 4.57 Å². The van der Waals surface area contributed by atoms with Gasteiger partial charge in [0.25, 0.3) is 0 Å². The molecule has 0 aliphatic heterocycles. The van der Waals surface area contributed by atoms with Gasteiger partial charge in [0, 0.05) is 20.3 Å². The number of benzene rings is 1. The van der Waals surface area contributed by atoms with Crippen LogP contribution in [0.2, 0.25) is 0 Å². The average Bonchev–Trinajstić information content (AvgIpc) is 2.91. The molecule has 0 saturated carbocycles. The number of hydrogen-bond acceptors (Lipinski definition) is 3. The van der Waals surface area contributed by atoms with E-state index in [1.807, 2.05) is 49.9 Å². The van der Waals surface area contributed by atoms with Gasteiger partial charge in [-0.15, -0.1) is 0 Å². The molecule has 0 radical (unpaired) electrons. The van der Waals surface area contributed by atoms with Gasteiger partial charge in [-0.25, -0.2) is 4.98 Å². The van der Waals surface area contributed by atoms with E-state index in [2.05, 4.69) is 10.1 Å². The van der Waals surface area contributed by atoms with Crippen LogP contribution in [0.1, 0.15) is 21.9 Å². The predicted molar refractivity (Wildman–Crippen MR) is 76.7 cm³/mol. The van der Waals surface area contributed by atoms with Crippen LogP contribution in [0.5, 0.6) is 0 Å². The van der Waals surface area contributed by atoms with E-state index in [1.165, 1.54) is 0 Å². The van der Waals surface area contributed by atoms with Crippen molar-refractivity contribution in [2.24, 2.45) is 14.1 Å². The maximum Gasteiger partial charge on any atom is 0.173 e. The molecule has 2 heterocycles. The predicted octanol–water partition coefficient (Wildman–Crippen LogP) is 2.04. The zero-order chi connectivity index (χ0) is 14.3. The number of rotatable bonds is 3. The van der Waals surface area contributed by atoms with Crippen molar-refractivity contribution in [1.29, 1.82) is 0 Å². The quantitative estimate of drug-likeness (QED) is 0.683. The van der Waals surface area contributed by atoms with Crippen LogP contribution in [0.3, 0.4) is 0 Å². The second-order valence-electron chi connectivity index (χ2n) is 4.98. The van der Waals surface area contributed by atoms with Crippen LogP contribution in [0, 0.1) is 6.92 Å². The fourth-order valence-electron chi connectivity index (χ4n) is 2.47. The van der Waals surface area contributed by atoms with Gasteiger partial charge in [-0.3, -0.25) is 9.48 Å². The Kier molecular flexibility index (Phi) is 2.89. The minimum atomic E-state index is 0.0500. The largest absolute Gasteiger partial charge is 0.331 e. The van der Waals surface area contributed by atoms with Crippen LogP contribution < -0.4 is 0 Å². The molecule has 2 aromatic heterocycles. The number of carbonyl (C=O) groups excluding carboxylic acids is 1. The van der Waals surface area contributed by atoms with Gasteiger partial charge >= 0.3 is 0 Å². The molecule has 0 N–H and O–H groups in total. The van der Waals surface area contributed by atoms with Gasteiger partial charge in [0.15, 0.2) is 5.78 Å². The molecule has 0 amide bonds. The van der Waals surface area contributed by atoms with Gasteiger partial charge in [-0.1, -0.05) is 12.1 Å². The van der Waals surface area contributed by atoms with Crippen molar-refractivity contribution in [3.8, 4) is 0 Å². The number of fused-ring (bicyclic) bond motifs is 1. The molecule has 5 heteroatoms. The van der Waals surface area contributed by atoms with E-state index in [-0.39, 0.29) is 12.2 Å². The third kappa shape index (κ3) is 2.01. The Hall–Kier alpha value is -2.43. The number of imidazole rings is 1. The smallest absolute Gasteiger partial charge is 0.173 e. The molecule has 0 unspecified atom stereocenters. The molecule has 0 spiro atoms. The number of carbonyl (C=O) groups is 1. The highest BCUT2D eigenvalue weighted by Crippen LogP contribution is 2.16. The van der Waals surface area contributed by atoms with E-state index in [0.29, 0.717) is 5.56 Å². The zero-order valence-electron chi connectivity index (χ0n) is 11.8. The van der Waals surface area contributed by atoms with Crippen molar-refractivity contribution in [3.05, 3.63) is 47.5 Å². The number of nitrogens with zero attached hydrogens (tertiary/aromatic N) is 4. The third-order valence-electron chi connectivity index (χ3n) is 3.51. The van der Waals surface area contributed by atoms with Crippen LogP contribution in [-0.2, 0) is 20.5 Å². The highest BCUT2D eigenvalue weighted by atomic mass is 16.1. The lowest BCUT2D eigenvalue weighted by molar-refractivity contribution is 0.0989. The number of Topliss-reactive ketones (excluding diaryl/α,β-unsaturated/α-hetero) is 1. The number of ketones is 1. The van der Waals surface area contributed by atoms with Gasteiger partial charge in [0.05, 0.1) is 28.7 Å². The molecule has 0 fully saturated rings. The second kappa shape index (κ2) is 4.59. The Morgan fingerprint density at radius 3 is 2.65 bits per heavy atom. The molecule has 20 heavy (non-hydrogen) atoms.